The maximum Gasteiger partial charge on any atom is 0.490 e. The molecule has 7 heteroatoms. The monoisotopic (exact) mass is 428 g/mol. The van der Waals surface area contributed by atoms with Gasteiger partial charge in [0.05, 0.1) is 0 Å². The molecule has 150 valence electrons. The molecule has 0 N–H and O–H groups in total. The Balaban J connectivity index is 2.02. The van der Waals surface area contributed by atoms with Gasteiger partial charge in [-0.1, -0.05) is 54.1 Å². The fourth-order valence-electron chi connectivity index (χ4n) is 3.11. The molecule has 0 aliphatic carbocycles. The highest BCUT2D eigenvalue weighted by molar-refractivity contribution is 8.30. The minimum atomic E-state index is -4.33. The molecule has 0 spiro atoms. The van der Waals surface area contributed by atoms with Crippen molar-refractivity contribution >= 4 is 20.3 Å². The number of hydrogen-bond donors (Lipinski definition) is 0. The maximum absolute atomic E-state index is 13.6. The summed E-state index contributed by atoms with van der Waals surface area (Å²) in [5, 5.41) is 0. The zero-order valence-electron chi connectivity index (χ0n) is 16.4. The van der Waals surface area contributed by atoms with Crippen molar-refractivity contribution in [2.45, 2.75) is 20.8 Å². The van der Waals surface area contributed by atoms with Crippen LogP contribution in [0, 0.1) is 20.8 Å². The second-order valence-corrected chi connectivity index (χ2v) is 12.0. The van der Waals surface area contributed by atoms with Crippen LogP contribution in [0.25, 0.3) is 0 Å². The van der Waals surface area contributed by atoms with Crippen LogP contribution in [0.1, 0.15) is 27.0 Å². The van der Waals surface area contributed by atoms with E-state index in [1.165, 1.54) is 0 Å². The number of carbonyl (C=O) groups excluding carboxylic acids is 1. The smallest absolute Gasteiger partial charge is 0.411 e. The minimum Gasteiger partial charge on any atom is -0.411 e. The predicted octanol–water partition coefficient (Wildman–Crippen LogP) is 6.58. The third-order valence-corrected chi connectivity index (χ3v) is 8.97. The van der Waals surface area contributed by atoms with Crippen LogP contribution < -0.4 is 9.05 Å². The summed E-state index contributed by atoms with van der Waals surface area (Å²) >= 11 is 0. The highest BCUT2D eigenvalue weighted by Gasteiger charge is 2.42. The van der Waals surface area contributed by atoms with E-state index in [1.54, 1.807) is 74.5 Å². The van der Waals surface area contributed by atoms with Gasteiger partial charge in [-0.3, -0.25) is 4.79 Å². The van der Waals surface area contributed by atoms with Gasteiger partial charge in [0, 0.05) is 5.56 Å². The first-order valence-corrected chi connectivity index (χ1v) is 12.9. The molecule has 1 unspecified atom stereocenters. The second-order valence-electron chi connectivity index (χ2n) is 6.71. The highest BCUT2D eigenvalue weighted by Crippen LogP contribution is 2.70. The molecule has 3 aromatic carbocycles. The van der Waals surface area contributed by atoms with Gasteiger partial charge in [0.15, 0.2) is 0 Å². The van der Waals surface area contributed by atoms with Crippen molar-refractivity contribution in [1.82, 2.24) is 0 Å². The van der Waals surface area contributed by atoms with Crippen LogP contribution in [-0.4, -0.2) is 5.52 Å². The van der Waals surface area contributed by atoms with Crippen LogP contribution in [0.5, 0.6) is 11.5 Å². The summed E-state index contributed by atoms with van der Waals surface area (Å²) in [5.41, 5.74) is 1.93. The third-order valence-electron chi connectivity index (χ3n) is 4.28. The Kier molecular flexibility index (Phi) is 6.42. The lowest BCUT2D eigenvalue weighted by molar-refractivity contribution is 0.107. The second kappa shape index (κ2) is 8.82. The highest BCUT2D eigenvalue weighted by atomic mass is 32.1. The van der Waals surface area contributed by atoms with Gasteiger partial charge in [-0.25, -0.2) is 4.57 Å². The van der Waals surface area contributed by atoms with Crippen molar-refractivity contribution in [2.75, 3.05) is 0 Å². The number of hydrogen-bond acceptors (Lipinski definition) is 5. The topological polar surface area (TPSA) is 69.7 Å². The van der Waals surface area contributed by atoms with Gasteiger partial charge in [-0.05, 0) is 56.2 Å². The number of para-hydroxylation sites is 2. The summed E-state index contributed by atoms with van der Waals surface area (Å²) in [4.78, 5) is 13.1. The van der Waals surface area contributed by atoms with Crippen LogP contribution in [0.3, 0.4) is 0 Å². The number of carbonyl (C=O) groups is 1. The van der Waals surface area contributed by atoms with Crippen molar-refractivity contribution in [3.8, 4) is 11.5 Å². The molecule has 1 atom stereocenters. The number of benzene rings is 3. The van der Waals surface area contributed by atoms with Crippen LogP contribution >= 0.6 is 14.8 Å². The van der Waals surface area contributed by atoms with Crippen molar-refractivity contribution in [3.63, 3.8) is 0 Å². The zero-order chi connectivity index (χ0) is 21.0. The summed E-state index contributed by atoms with van der Waals surface area (Å²) in [6.45, 7) is 5.45. The predicted molar refractivity (Wildman–Crippen MR) is 116 cm³/mol. The van der Waals surface area contributed by atoms with E-state index in [0.29, 0.717) is 16.7 Å². The first-order chi connectivity index (χ1) is 13.8. The van der Waals surface area contributed by atoms with Gasteiger partial charge in [-0.15, -0.1) is 0 Å². The van der Waals surface area contributed by atoms with Gasteiger partial charge in [0.25, 0.3) is 7.49 Å². The maximum atomic E-state index is 13.6. The molecule has 3 aromatic rings. The average molecular weight is 428 g/mol. The normalized spacial score (nSPS) is 12.2. The van der Waals surface area contributed by atoms with Gasteiger partial charge < -0.3 is 13.6 Å². The van der Waals surface area contributed by atoms with Gasteiger partial charge in [0.1, 0.15) is 11.5 Å². The van der Waals surface area contributed by atoms with Crippen LogP contribution in [0.4, 0.5) is 0 Å². The van der Waals surface area contributed by atoms with Gasteiger partial charge >= 0.3 is 7.28 Å². The fourth-order valence-corrected chi connectivity index (χ4v) is 7.18. The molecular weight excluding hydrogens is 406 g/mol. The summed E-state index contributed by atoms with van der Waals surface area (Å²) < 4.78 is 38.0. The van der Waals surface area contributed by atoms with E-state index in [0.717, 1.165) is 5.56 Å². The standard InChI is InChI=1S/C22H22O5P2/c1-16-14-17(2)21(18(3)15-16)22(23)28(24)29(25,26-19-10-6-4-7-11-19)27-20-12-8-5-9-13-20/h4-15,28H,1-3H3. The van der Waals surface area contributed by atoms with E-state index in [9.17, 15) is 13.9 Å². The quantitative estimate of drug-likeness (QED) is 0.398. The molecule has 0 heterocycles. The molecule has 0 saturated carbocycles. The molecule has 0 fully saturated rings. The minimum absolute atomic E-state index is 0.218. The Bertz CT molecular complexity index is 1030. The molecule has 0 amide bonds. The van der Waals surface area contributed by atoms with Crippen molar-refractivity contribution < 1.29 is 23.0 Å². The zero-order valence-corrected chi connectivity index (χ0v) is 18.3. The molecule has 29 heavy (non-hydrogen) atoms. The molecule has 0 aliphatic rings. The van der Waals surface area contributed by atoms with E-state index in [2.05, 4.69) is 0 Å². The van der Waals surface area contributed by atoms with E-state index in [4.69, 9.17) is 9.05 Å². The molecule has 0 saturated heterocycles. The molecule has 0 bridgehead atoms. The SMILES string of the molecule is Cc1cc(C)c(C(=O)[PH](=O)P(=O)(Oc2ccccc2)Oc2ccccc2)c(C)c1. The Morgan fingerprint density at radius 1 is 0.793 bits per heavy atom. The first-order valence-electron chi connectivity index (χ1n) is 9.06. The van der Waals surface area contributed by atoms with Crippen molar-refractivity contribution in [3.05, 3.63) is 95.1 Å². The Labute approximate surface area is 170 Å². The Morgan fingerprint density at radius 2 is 1.21 bits per heavy atom. The summed E-state index contributed by atoms with van der Waals surface area (Å²) in [6, 6.07) is 20.2. The number of rotatable bonds is 7. The van der Waals surface area contributed by atoms with E-state index in [-0.39, 0.29) is 11.5 Å². The Morgan fingerprint density at radius 3 is 1.62 bits per heavy atom. The average Bonchev–Trinajstić information content (AvgIpc) is 2.68. The summed E-state index contributed by atoms with van der Waals surface area (Å²) in [5.74, 6) is 0.436. The summed E-state index contributed by atoms with van der Waals surface area (Å²) in [6.07, 6.45) is 0. The van der Waals surface area contributed by atoms with E-state index in [1.807, 2.05) is 19.1 Å². The largest absolute Gasteiger partial charge is 0.490 e. The molecule has 0 aromatic heterocycles. The van der Waals surface area contributed by atoms with Crippen LogP contribution in [0.15, 0.2) is 72.8 Å². The molecule has 0 radical (unpaired) electrons. The lowest BCUT2D eigenvalue weighted by Gasteiger charge is -2.20. The number of aryl methyl sites for hydroxylation is 3. The lowest BCUT2D eigenvalue weighted by Crippen LogP contribution is -2.06. The lowest BCUT2D eigenvalue weighted by atomic mass is 10.0. The van der Waals surface area contributed by atoms with Gasteiger partial charge in [-0.2, -0.15) is 0 Å². The first kappa shape index (κ1) is 21.1. The van der Waals surface area contributed by atoms with Gasteiger partial charge in [0.2, 0.25) is 5.52 Å². The third kappa shape index (κ3) is 4.87. The molecule has 0 aliphatic heterocycles. The van der Waals surface area contributed by atoms with E-state index >= 15 is 0 Å². The van der Waals surface area contributed by atoms with Crippen LogP contribution in [-0.2, 0) is 9.13 Å². The molecular formula is C22H22O5P2. The fraction of sp³-hybridized carbons (Fsp3) is 0.136. The summed E-state index contributed by atoms with van der Waals surface area (Å²) in [7, 11) is -7.82. The van der Waals surface area contributed by atoms with E-state index < -0.39 is 20.3 Å². The van der Waals surface area contributed by atoms with Crippen LogP contribution in [0.2, 0.25) is 0 Å². The molecule has 5 nitrogen and oxygen atoms in total. The Hall–Kier alpha value is -2.61. The van der Waals surface area contributed by atoms with Crippen molar-refractivity contribution in [2.24, 2.45) is 0 Å². The molecule has 3 rings (SSSR count). The van der Waals surface area contributed by atoms with Crippen molar-refractivity contribution in [1.29, 1.82) is 0 Å².